The monoisotopic (exact) mass is 179 g/mol. The van der Waals surface area contributed by atoms with Gasteiger partial charge in [-0.25, -0.2) is 4.98 Å². The number of anilines is 2. The van der Waals surface area contributed by atoms with E-state index in [9.17, 15) is 0 Å². The molecule has 1 aliphatic heterocycles. The number of nitrogens with one attached hydrogen (secondary N) is 1. The SMILES string of the molecule is CC1(C)COc2ccc(N)nc2N1. The Morgan fingerprint density at radius 1 is 1.54 bits per heavy atom. The van der Waals surface area contributed by atoms with E-state index in [2.05, 4.69) is 24.1 Å². The maximum Gasteiger partial charge on any atom is 0.171 e. The number of nitrogens with zero attached hydrogens (tertiary/aromatic N) is 1. The van der Waals surface area contributed by atoms with Crippen LogP contribution >= 0.6 is 0 Å². The van der Waals surface area contributed by atoms with Gasteiger partial charge in [0.25, 0.3) is 0 Å². The van der Waals surface area contributed by atoms with Crippen LogP contribution in [0.3, 0.4) is 0 Å². The first-order valence-electron chi connectivity index (χ1n) is 4.24. The van der Waals surface area contributed by atoms with Crippen LogP contribution in [0.5, 0.6) is 5.75 Å². The zero-order valence-electron chi connectivity index (χ0n) is 7.79. The van der Waals surface area contributed by atoms with Gasteiger partial charge >= 0.3 is 0 Å². The Hall–Kier alpha value is -1.45. The molecule has 2 rings (SSSR count). The lowest BCUT2D eigenvalue weighted by Gasteiger charge is -2.32. The van der Waals surface area contributed by atoms with Crippen LogP contribution < -0.4 is 15.8 Å². The molecular formula is C9H13N3O. The zero-order chi connectivity index (χ0) is 9.47. The van der Waals surface area contributed by atoms with Gasteiger partial charge in [-0.05, 0) is 26.0 Å². The number of aromatic nitrogens is 1. The molecule has 4 heteroatoms. The number of hydrogen-bond donors (Lipinski definition) is 2. The summed E-state index contributed by atoms with van der Waals surface area (Å²) >= 11 is 0. The summed E-state index contributed by atoms with van der Waals surface area (Å²) in [6.45, 7) is 4.76. The second-order valence-electron chi connectivity index (χ2n) is 3.88. The van der Waals surface area contributed by atoms with Crippen LogP contribution in [0, 0.1) is 0 Å². The predicted octanol–water partition coefficient (Wildman–Crippen LogP) is 1.25. The highest BCUT2D eigenvalue weighted by Crippen LogP contribution is 2.30. The summed E-state index contributed by atoms with van der Waals surface area (Å²) in [6, 6.07) is 3.57. The molecule has 1 aromatic rings. The Kier molecular flexibility index (Phi) is 1.58. The molecule has 0 fully saturated rings. The van der Waals surface area contributed by atoms with E-state index in [1.54, 1.807) is 6.07 Å². The molecule has 3 N–H and O–H groups in total. The minimum absolute atomic E-state index is 0.0756. The minimum Gasteiger partial charge on any atom is -0.487 e. The molecule has 0 spiro atoms. The average molecular weight is 179 g/mol. The summed E-state index contributed by atoms with van der Waals surface area (Å²) in [5.74, 6) is 2.01. The first kappa shape index (κ1) is 8.16. The number of hydrogen-bond acceptors (Lipinski definition) is 4. The number of nitrogens with two attached hydrogens (primary N) is 1. The molecule has 0 saturated heterocycles. The van der Waals surface area contributed by atoms with Crippen molar-refractivity contribution in [2.45, 2.75) is 19.4 Å². The molecule has 0 aromatic carbocycles. The predicted molar refractivity (Wildman–Crippen MR) is 51.8 cm³/mol. The molecule has 70 valence electrons. The van der Waals surface area contributed by atoms with Crippen molar-refractivity contribution < 1.29 is 4.74 Å². The van der Waals surface area contributed by atoms with Crippen molar-refractivity contribution >= 4 is 11.6 Å². The number of fused-ring (bicyclic) bond motifs is 1. The molecule has 0 saturated carbocycles. The van der Waals surface area contributed by atoms with Crippen LogP contribution in [0.25, 0.3) is 0 Å². The average Bonchev–Trinajstić information content (AvgIpc) is 2.01. The molecule has 13 heavy (non-hydrogen) atoms. The van der Waals surface area contributed by atoms with E-state index in [4.69, 9.17) is 10.5 Å². The molecule has 1 aromatic heterocycles. The van der Waals surface area contributed by atoms with Crippen LogP contribution in [-0.4, -0.2) is 17.1 Å². The summed E-state index contributed by atoms with van der Waals surface area (Å²) in [6.07, 6.45) is 0. The third-order valence-corrected chi connectivity index (χ3v) is 1.93. The van der Waals surface area contributed by atoms with Gasteiger partial charge in [-0.15, -0.1) is 0 Å². The van der Waals surface area contributed by atoms with Gasteiger partial charge in [-0.2, -0.15) is 0 Å². The number of ether oxygens (including phenoxy) is 1. The number of pyridine rings is 1. The van der Waals surface area contributed by atoms with Crippen molar-refractivity contribution in [2.75, 3.05) is 17.7 Å². The van der Waals surface area contributed by atoms with Gasteiger partial charge in [-0.3, -0.25) is 0 Å². The highest BCUT2D eigenvalue weighted by atomic mass is 16.5. The van der Waals surface area contributed by atoms with Crippen LogP contribution in [0.1, 0.15) is 13.8 Å². The summed E-state index contributed by atoms with van der Waals surface area (Å²) < 4.78 is 5.51. The highest BCUT2D eigenvalue weighted by molar-refractivity contribution is 5.57. The highest BCUT2D eigenvalue weighted by Gasteiger charge is 2.26. The summed E-state index contributed by atoms with van der Waals surface area (Å²) in [5.41, 5.74) is 5.49. The Morgan fingerprint density at radius 3 is 3.08 bits per heavy atom. The van der Waals surface area contributed by atoms with Gasteiger partial charge in [0.2, 0.25) is 0 Å². The van der Waals surface area contributed by atoms with Crippen LogP contribution in [-0.2, 0) is 0 Å². The molecule has 1 aliphatic rings. The lowest BCUT2D eigenvalue weighted by molar-refractivity contribution is 0.240. The van der Waals surface area contributed by atoms with E-state index in [1.165, 1.54) is 0 Å². The zero-order valence-corrected chi connectivity index (χ0v) is 7.79. The summed E-state index contributed by atoms with van der Waals surface area (Å²) in [4.78, 5) is 4.15. The van der Waals surface area contributed by atoms with Crippen molar-refractivity contribution in [1.82, 2.24) is 4.98 Å². The standard InChI is InChI=1S/C9H13N3O/c1-9(2)5-13-6-3-4-7(10)11-8(6)12-9/h3-4H,5H2,1-2H3,(H3,10,11,12). The summed E-state index contributed by atoms with van der Waals surface area (Å²) in [7, 11) is 0. The van der Waals surface area contributed by atoms with E-state index < -0.39 is 0 Å². The number of rotatable bonds is 0. The topological polar surface area (TPSA) is 60.2 Å². The maximum absolute atomic E-state index is 5.56. The van der Waals surface area contributed by atoms with Crippen LogP contribution in [0.2, 0.25) is 0 Å². The van der Waals surface area contributed by atoms with Gasteiger partial charge in [0, 0.05) is 0 Å². The van der Waals surface area contributed by atoms with E-state index in [0.29, 0.717) is 12.4 Å². The second kappa shape index (κ2) is 2.52. The van der Waals surface area contributed by atoms with Crippen molar-refractivity contribution in [3.8, 4) is 5.75 Å². The van der Waals surface area contributed by atoms with Gasteiger partial charge < -0.3 is 15.8 Å². The van der Waals surface area contributed by atoms with Gasteiger partial charge in [0.15, 0.2) is 11.6 Å². The molecule has 0 radical (unpaired) electrons. The van der Waals surface area contributed by atoms with Crippen molar-refractivity contribution in [1.29, 1.82) is 0 Å². The molecule has 0 aliphatic carbocycles. The van der Waals surface area contributed by atoms with E-state index in [1.807, 2.05) is 6.07 Å². The van der Waals surface area contributed by atoms with E-state index in [-0.39, 0.29) is 5.54 Å². The Labute approximate surface area is 77.1 Å². The Morgan fingerprint density at radius 2 is 2.31 bits per heavy atom. The Bertz CT molecular complexity index is 336. The van der Waals surface area contributed by atoms with Crippen LogP contribution in [0.4, 0.5) is 11.6 Å². The first-order valence-corrected chi connectivity index (χ1v) is 4.24. The van der Waals surface area contributed by atoms with Crippen molar-refractivity contribution in [3.05, 3.63) is 12.1 Å². The van der Waals surface area contributed by atoms with Gasteiger partial charge in [-0.1, -0.05) is 0 Å². The van der Waals surface area contributed by atoms with E-state index in [0.717, 1.165) is 11.6 Å². The van der Waals surface area contributed by atoms with E-state index >= 15 is 0 Å². The first-order chi connectivity index (χ1) is 6.07. The minimum atomic E-state index is -0.0756. The third-order valence-electron chi connectivity index (χ3n) is 1.93. The molecule has 2 heterocycles. The fourth-order valence-electron chi connectivity index (χ4n) is 1.28. The molecular weight excluding hydrogens is 166 g/mol. The Balaban J connectivity index is 2.38. The second-order valence-corrected chi connectivity index (χ2v) is 3.88. The van der Waals surface area contributed by atoms with Gasteiger partial charge in [0.05, 0.1) is 5.54 Å². The molecule has 0 bridgehead atoms. The smallest absolute Gasteiger partial charge is 0.171 e. The molecule has 0 amide bonds. The van der Waals surface area contributed by atoms with Crippen molar-refractivity contribution in [3.63, 3.8) is 0 Å². The normalized spacial score (nSPS) is 18.3. The quantitative estimate of drug-likeness (QED) is 0.629. The third kappa shape index (κ3) is 1.52. The van der Waals surface area contributed by atoms with Crippen molar-refractivity contribution in [2.24, 2.45) is 0 Å². The lowest BCUT2D eigenvalue weighted by atomic mass is 10.1. The maximum atomic E-state index is 5.56. The molecule has 0 atom stereocenters. The molecule has 4 nitrogen and oxygen atoms in total. The van der Waals surface area contributed by atoms with Crippen LogP contribution in [0.15, 0.2) is 12.1 Å². The molecule has 0 unspecified atom stereocenters. The lowest BCUT2D eigenvalue weighted by Crippen LogP contribution is -2.41. The fraction of sp³-hybridized carbons (Fsp3) is 0.444. The van der Waals surface area contributed by atoms with Gasteiger partial charge in [0.1, 0.15) is 12.4 Å². The number of nitrogen functional groups attached to an aromatic ring is 1. The largest absolute Gasteiger partial charge is 0.487 e. The fourth-order valence-corrected chi connectivity index (χ4v) is 1.28. The summed E-state index contributed by atoms with van der Waals surface area (Å²) in [5, 5.41) is 3.26.